The highest BCUT2D eigenvalue weighted by Gasteiger charge is 2.19. The first-order valence-electron chi connectivity index (χ1n) is 10.1. The van der Waals surface area contributed by atoms with Gasteiger partial charge in [-0.3, -0.25) is 0 Å². The summed E-state index contributed by atoms with van der Waals surface area (Å²) in [6.07, 6.45) is 5.39. The van der Waals surface area contributed by atoms with E-state index in [0.717, 1.165) is 19.3 Å². The van der Waals surface area contributed by atoms with Crippen LogP contribution in [0, 0.1) is 0 Å². The van der Waals surface area contributed by atoms with E-state index in [9.17, 15) is 9.59 Å². The minimum Gasteiger partial charge on any atom is -0.462 e. The molecule has 0 spiro atoms. The van der Waals surface area contributed by atoms with Crippen LogP contribution in [0.1, 0.15) is 85.1 Å². The molecular formula is C24H30O4. The van der Waals surface area contributed by atoms with Crippen LogP contribution in [-0.4, -0.2) is 18.5 Å². The molecule has 0 bridgehead atoms. The molecule has 0 aromatic heterocycles. The first-order valence-corrected chi connectivity index (χ1v) is 10.1. The second-order valence-corrected chi connectivity index (χ2v) is 7.21. The lowest BCUT2D eigenvalue weighted by molar-refractivity contribution is 0.0489. The summed E-state index contributed by atoms with van der Waals surface area (Å²) >= 11 is 0. The summed E-state index contributed by atoms with van der Waals surface area (Å²) in [4.78, 5) is 25.0. The lowest BCUT2D eigenvalue weighted by Gasteiger charge is -2.10. The molecule has 150 valence electrons. The fourth-order valence-corrected chi connectivity index (χ4v) is 2.87. The maximum Gasteiger partial charge on any atom is 0.344 e. The Morgan fingerprint density at radius 3 is 2.04 bits per heavy atom. The van der Waals surface area contributed by atoms with Crippen LogP contribution in [0.25, 0.3) is 0 Å². The fraction of sp³-hybridized carbons (Fsp3) is 0.417. The van der Waals surface area contributed by atoms with Gasteiger partial charge in [-0.1, -0.05) is 70.7 Å². The van der Waals surface area contributed by atoms with Gasteiger partial charge in [0, 0.05) is 0 Å². The summed E-state index contributed by atoms with van der Waals surface area (Å²) in [7, 11) is 0. The highest BCUT2D eigenvalue weighted by Crippen LogP contribution is 2.20. The van der Waals surface area contributed by atoms with Crippen LogP contribution < -0.4 is 4.74 Å². The first kappa shape index (κ1) is 21.7. The van der Waals surface area contributed by atoms with E-state index < -0.39 is 11.9 Å². The Kier molecular flexibility index (Phi) is 8.73. The van der Waals surface area contributed by atoms with Crippen molar-refractivity contribution in [2.75, 3.05) is 6.61 Å². The maximum atomic E-state index is 12.6. The lowest BCUT2D eigenvalue weighted by atomic mass is 10.0. The Morgan fingerprint density at radius 2 is 1.43 bits per heavy atom. The van der Waals surface area contributed by atoms with Gasteiger partial charge < -0.3 is 9.47 Å². The summed E-state index contributed by atoms with van der Waals surface area (Å²) in [6, 6.07) is 14.0. The minimum absolute atomic E-state index is 0.214. The number of carbonyl (C=O) groups is 2. The Hall–Kier alpha value is -2.62. The predicted molar refractivity (Wildman–Crippen MR) is 111 cm³/mol. The molecule has 0 N–H and O–H groups in total. The van der Waals surface area contributed by atoms with Gasteiger partial charge in [-0.2, -0.15) is 0 Å². The van der Waals surface area contributed by atoms with Crippen molar-refractivity contribution in [2.45, 2.75) is 58.8 Å². The van der Waals surface area contributed by atoms with E-state index in [-0.39, 0.29) is 11.1 Å². The molecule has 0 radical (unpaired) electrons. The zero-order chi connectivity index (χ0) is 20.4. The number of esters is 2. The molecule has 0 aliphatic carbocycles. The first-order chi connectivity index (χ1) is 13.5. The molecule has 0 unspecified atom stereocenters. The Bertz CT molecular complexity index is 762. The third-order valence-electron chi connectivity index (χ3n) is 4.61. The molecule has 0 fully saturated rings. The quantitative estimate of drug-likeness (QED) is 0.281. The standard InChI is InChI=1S/C24H30O4/c1-4-5-6-7-10-17-27-23(25)21-11-8-9-12-22(21)24(26)28-20-15-13-19(14-16-20)18(2)3/h8-9,11-16,18H,4-7,10,17H2,1-3H3. The molecule has 0 atom stereocenters. The smallest absolute Gasteiger partial charge is 0.344 e. The normalized spacial score (nSPS) is 10.7. The number of benzene rings is 2. The fourth-order valence-electron chi connectivity index (χ4n) is 2.87. The maximum absolute atomic E-state index is 12.6. The van der Waals surface area contributed by atoms with E-state index in [1.165, 1.54) is 18.4 Å². The predicted octanol–water partition coefficient (Wildman–Crippen LogP) is 6.16. The van der Waals surface area contributed by atoms with E-state index in [0.29, 0.717) is 18.3 Å². The monoisotopic (exact) mass is 382 g/mol. The molecule has 0 aliphatic heterocycles. The van der Waals surface area contributed by atoms with Crippen LogP contribution in [-0.2, 0) is 4.74 Å². The third-order valence-corrected chi connectivity index (χ3v) is 4.61. The van der Waals surface area contributed by atoms with Gasteiger partial charge in [0.15, 0.2) is 0 Å². The van der Waals surface area contributed by atoms with Crippen LogP contribution >= 0.6 is 0 Å². The Labute approximate surface area is 167 Å². The molecule has 2 aromatic rings. The number of hydrogen-bond donors (Lipinski definition) is 0. The second kappa shape index (κ2) is 11.3. The molecule has 0 amide bonds. The Morgan fingerprint density at radius 1 is 0.821 bits per heavy atom. The van der Waals surface area contributed by atoms with Crippen molar-refractivity contribution in [3.05, 3.63) is 65.2 Å². The van der Waals surface area contributed by atoms with Crippen molar-refractivity contribution in [3.63, 3.8) is 0 Å². The van der Waals surface area contributed by atoms with Crippen molar-refractivity contribution in [2.24, 2.45) is 0 Å². The van der Waals surface area contributed by atoms with Gasteiger partial charge in [-0.25, -0.2) is 9.59 Å². The van der Waals surface area contributed by atoms with Gasteiger partial charge in [0.1, 0.15) is 5.75 Å². The number of carbonyl (C=O) groups excluding carboxylic acids is 2. The highest BCUT2D eigenvalue weighted by molar-refractivity contribution is 6.03. The van der Waals surface area contributed by atoms with Gasteiger partial charge in [0.2, 0.25) is 0 Å². The molecule has 0 aliphatic rings. The Balaban J connectivity index is 1.97. The van der Waals surface area contributed by atoms with Crippen LogP contribution in [0.2, 0.25) is 0 Å². The van der Waals surface area contributed by atoms with Crippen molar-refractivity contribution in [1.29, 1.82) is 0 Å². The van der Waals surface area contributed by atoms with Crippen LogP contribution in [0.3, 0.4) is 0 Å². The number of hydrogen-bond acceptors (Lipinski definition) is 4. The summed E-state index contributed by atoms with van der Waals surface area (Å²) in [5.74, 6) is -0.193. The SMILES string of the molecule is CCCCCCCOC(=O)c1ccccc1C(=O)Oc1ccc(C(C)C)cc1. The average molecular weight is 383 g/mol. The van der Waals surface area contributed by atoms with Crippen molar-refractivity contribution < 1.29 is 19.1 Å². The molecular weight excluding hydrogens is 352 g/mol. The van der Waals surface area contributed by atoms with Crippen LogP contribution in [0.15, 0.2) is 48.5 Å². The summed E-state index contributed by atoms with van der Waals surface area (Å²) in [6.45, 7) is 6.73. The zero-order valence-electron chi connectivity index (χ0n) is 17.1. The third kappa shape index (κ3) is 6.52. The zero-order valence-corrected chi connectivity index (χ0v) is 17.1. The van der Waals surface area contributed by atoms with E-state index in [1.54, 1.807) is 36.4 Å². The minimum atomic E-state index is -0.562. The lowest BCUT2D eigenvalue weighted by Crippen LogP contribution is -2.16. The molecule has 2 aromatic carbocycles. The summed E-state index contributed by atoms with van der Waals surface area (Å²) in [5, 5.41) is 0. The van der Waals surface area contributed by atoms with Crippen molar-refractivity contribution >= 4 is 11.9 Å². The number of ether oxygens (including phenoxy) is 2. The van der Waals surface area contributed by atoms with E-state index >= 15 is 0 Å². The molecule has 2 rings (SSSR count). The largest absolute Gasteiger partial charge is 0.462 e. The van der Waals surface area contributed by atoms with E-state index in [4.69, 9.17) is 9.47 Å². The molecule has 28 heavy (non-hydrogen) atoms. The summed E-state index contributed by atoms with van der Waals surface area (Å²) < 4.78 is 10.8. The number of rotatable bonds is 10. The average Bonchev–Trinajstić information content (AvgIpc) is 2.70. The molecule has 4 heteroatoms. The summed E-state index contributed by atoms with van der Waals surface area (Å²) in [5.41, 5.74) is 1.62. The highest BCUT2D eigenvalue weighted by atomic mass is 16.5. The van der Waals surface area contributed by atoms with Gasteiger partial charge in [0.05, 0.1) is 17.7 Å². The molecule has 0 saturated heterocycles. The van der Waals surface area contributed by atoms with Gasteiger partial charge in [-0.15, -0.1) is 0 Å². The topological polar surface area (TPSA) is 52.6 Å². The van der Waals surface area contributed by atoms with Gasteiger partial charge in [0.25, 0.3) is 0 Å². The molecule has 0 heterocycles. The van der Waals surface area contributed by atoms with Gasteiger partial charge in [-0.05, 0) is 42.2 Å². The van der Waals surface area contributed by atoms with Crippen LogP contribution in [0.5, 0.6) is 5.75 Å². The van der Waals surface area contributed by atoms with E-state index in [2.05, 4.69) is 20.8 Å². The van der Waals surface area contributed by atoms with Crippen LogP contribution in [0.4, 0.5) is 0 Å². The molecule has 4 nitrogen and oxygen atoms in total. The van der Waals surface area contributed by atoms with E-state index in [1.807, 2.05) is 12.1 Å². The van der Waals surface area contributed by atoms with Gasteiger partial charge >= 0.3 is 11.9 Å². The van der Waals surface area contributed by atoms with Crippen molar-refractivity contribution in [1.82, 2.24) is 0 Å². The number of unbranched alkanes of at least 4 members (excludes halogenated alkanes) is 4. The second-order valence-electron chi connectivity index (χ2n) is 7.21. The molecule has 0 saturated carbocycles. The van der Waals surface area contributed by atoms with Crippen molar-refractivity contribution in [3.8, 4) is 5.75 Å².